The molecule has 0 unspecified atom stereocenters. The first-order valence-corrected chi connectivity index (χ1v) is 10.5. The third kappa shape index (κ3) is 3.54. The zero-order valence-electron chi connectivity index (χ0n) is 17.6. The van der Waals surface area contributed by atoms with E-state index >= 15 is 0 Å². The van der Waals surface area contributed by atoms with Gasteiger partial charge in [-0.1, -0.05) is 54.1 Å². The SMILES string of the molecule is Cc1cccc(-c2[nH]n3c(=O)cc([C@H]4CC(=O)N(Cc5ccccc5)C4)nc3c2C)c1. The van der Waals surface area contributed by atoms with Crippen molar-refractivity contribution in [2.75, 3.05) is 6.54 Å². The summed E-state index contributed by atoms with van der Waals surface area (Å²) in [7, 11) is 0. The highest BCUT2D eigenvalue weighted by Gasteiger charge is 2.32. The first-order valence-electron chi connectivity index (χ1n) is 10.5. The molecule has 5 rings (SSSR count). The number of hydrogen-bond acceptors (Lipinski definition) is 3. The van der Waals surface area contributed by atoms with Crippen molar-refractivity contribution in [3.05, 3.63) is 93.4 Å². The van der Waals surface area contributed by atoms with E-state index in [0.29, 0.717) is 30.9 Å². The van der Waals surface area contributed by atoms with Crippen LogP contribution in [0.4, 0.5) is 0 Å². The predicted octanol–water partition coefficient (Wildman–Crippen LogP) is 3.82. The third-order valence-corrected chi connectivity index (χ3v) is 6.03. The van der Waals surface area contributed by atoms with Crippen LogP contribution in [-0.2, 0) is 11.3 Å². The van der Waals surface area contributed by atoms with Crippen molar-refractivity contribution in [1.82, 2.24) is 19.5 Å². The van der Waals surface area contributed by atoms with Gasteiger partial charge in [0.05, 0.1) is 11.4 Å². The van der Waals surface area contributed by atoms with E-state index in [1.165, 1.54) is 4.52 Å². The molecule has 1 aliphatic rings. The van der Waals surface area contributed by atoms with Gasteiger partial charge in [-0.2, -0.15) is 0 Å². The molecular formula is C25H24N4O2. The number of H-pyrrole nitrogens is 1. The van der Waals surface area contributed by atoms with Crippen LogP contribution in [0.3, 0.4) is 0 Å². The van der Waals surface area contributed by atoms with Crippen molar-refractivity contribution in [2.45, 2.75) is 32.7 Å². The first-order chi connectivity index (χ1) is 15.0. The maximum Gasteiger partial charge on any atom is 0.272 e. The minimum Gasteiger partial charge on any atom is -0.338 e. The average Bonchev–Trinajstić information content (AvgIpc) is 3.29. The summed E-state index contributed by atoms with van der Waals surface area (Å²) in [5, 5.41) is 3.21. The van der Waals surface area contributed by atoms with Crippen LogP contribution in [0, 0.1) is 13.8 Å². The Balaban J connectivity index is 1.48. The number of fused-ring (bicyclic) bond motifs is 1. The maximum atomic E-state index is 12.9. The van der Waals surface area contributed by atoms with E-state index in [1.807, 2.05) is 67.3 Å². The summed E-state index contributed by atoms with van der Waals surface area (Å²) in [6.45, 7) is 5.17. The molecule has 1 amide bonds. The van der Waals surface area contributed by atoms with Gasteiger partial charge in [0.25, 0.3) is 5.56 Å². The summed E-state index contributed by atoms with van der Waals surface area (Å²) in [6, 6.07) is 19.7. The Labute approximate surface area is 180 Å². The molecule has 156 valence electrons. The fourth-order valence-corrected chi connectivity index (χ4v) is 4.38. The molecule has 0 saturated carbocycles. The summed E-state index contributed by atoms with van der Waals surface area (Å²) in [5.74, 6) is 0.0210. The normalized spacial score (nSPS) is 16.4. The van der Waals surface area contributed by atoms with Gasteiger partial charge in [-0.05, 0) is 25.5 Å². The van der Waals surface area contributed by atoms with Crippen LogP contribution in [0.2, 0.25) is 0 Å². The average molecular weight is 412 g/mol. The Bertz CT molecular complexity index is 1340. The van der Waals surface area contributed by atoms with Crippen molar-refractivity contribution >= 4 is 11.6 Å². The highest BCUT2D eigenvalue weighted by atomic mass is 16.2. The smallest absolute Gasteiger partial charge is 0.272 e. The van der Waals surface area contributed by atoms with Crippen molar-refractivity contribution < 1.29 is 4.79 Å². The lowest BCUT2D eigenvalue weighted by Crippen LogP contribution is -2.24. The van der Waals surface area contributed by atoms with Gasteiger partial charge in [0.15, 0.2) is 5.65 Å². The first kappa shape index (κ1) is 19.3. The van der Waals surface area contributed by atoms with Gasteiger partial charge in [0.2, 0.25) is 5.91 Å². The molecule has 3 heterocycles. The number of rotatable bonds is 4. The molecule has 2 aromatic carbocycles. The van der Waals surface area contributed by atoms with E-state index < -0.39 is 0 Å². The van der Waals surface area contributed by atoms with Crippen LogP contribution in [0.5, 0.6) is 0 Å². The van der Waals surface area contributed by atoms with Crippen LogP contribution in [0.25, 0.3) is 16.9 Å². The Morgan fingerprint density at radius 1 is 1.03 bits per heavy atom. The zero-order chi connectivity index (χ0) is 21.5. The summed E-state index contributed by atoms with van der Waals surface area (Å²) in [6.07, 6.45) is 0.379. The number of nitrogens with zero attached hydrogens (tertiary/aromatic N) is 3. The van der Waals surface area contributed by atoms with E-state index in [1.54, 1.807) is 6.07 Å². The topological polar surface area (TPSA) is 70.5 Å². The van der Waals surface area contributed by atoms with Crippen LogP contribution < -0.4 is 5.56 Å². The lowest BCUT2D eigenvalue weighted by molar-refractivity contribution is -0.128. The van der Waals surface area contributed by atoms with Gasteiger partial charge < -0.3 is 4.90 Å². The van der Waals surface area contributed by atoms with Gasteiger partial charge in [-0.15, -0.1) is 0 Å². The molecule has 6 heteroatoms. The lowest BCUT2D eigenvalue weighted by Gasteiger charge is -2.16. The predicted molar refractivity (Wildman–Crippen MR) is 120 cm³/mol. The van der Waals surface area contributed by atoms with Gasteiger partial charge in [0.1, 0.15) is 0 Å². The summed E-state index contributed by atoms with van der Waals surface area (Å²) >= 11 is 0. The van der Waals surface area contributed by atoms with Crippen molar-refractivity contribution in [1.29, 1.82) is 0 Å². The molecular weight excluding hydrogens is 388 g/mol. The molecule has 31 heavy (non-hydrogen) atoms. The highest BCUT2D eigenvalue weighted by molar-refractivity contribution is 5.79. The second-order valence-corrected chi connectivity index (χ2v) is 8.32. The molecule has 1 aliphatic heterocycles. The van der Waals surface area contributed by atoms with Crippen LogP contribution in [0.15, 0.2) is 65.5 Å². The monoisotopic (exact) mass is 412 g/mol. The second-order valence-electron chi connectivity index (χ2n) is 8.32. The van der Waals surface area contributed by atoms with Crippen LogP contribution >= 0.6 is 0 Å². The quantitative estimate of drug-likeness (QED) is 0.554. The molecule has 0 spiro atoms. The number of aromatic nitrogens is 3. The number of benzene rings is 2. The molecule has 4 aromatic rings. The molecule has 1 atom stereocenters. The van der Waals surface area contributed by atoms with Crippen LogP contribution in [-0.4, -0.2) is 31.9 Å². The number of aromatic amines is 1. The highest BCUT2D eigenvalue weighted by Crippen LogP contribution is 2.29. The number of aryl methyl sites for hydroxylation is 2. The Kier molecular flexibility index (Phi) is 4.70. The Hall–Kier alpha value is -3.67. The van der Waals surface area contributed by atoms with Crippen molar-refractivity contribution in [2.24, 2.45) is 0 Å². The number of nitrogens with one attached hydrogen (secondary N) is 1. The van der Waals surface area contributed by atoms with Crippen molar-refractivity contribution in [3.8, 4) is 11.3 Å². The third-order valence-electron chi connectivity index (χ3n) is 6.03. The van der Waals surface area contributed by atoms with E-state index in [4.69, 9.17) is 4.98 Å². The Morgan fingerprint density at radius 2 is 1.84 bits per heavy atom. The standard InChI is InChI=1S/C25H24N4O2/c1-16-7-6-10-19(11-16)24-17(2)25-26-21(13-23(31)29(25)27-24)20-12-22(30)28(15-20)14-18-8-4-3-5-9-18/h3-11,13,20,27H,12,14-15H2,1-2H3/t20-/m0/s1. The lowest BCUT2D eigenvalue weighted by atomic mass is 10.0. The van der Waals surface area contributed by atoms with Crippen molar-refractivity contribution in [3.63, 3.8) is 0 Å². The van der Waals surface area contributed by atoms with Gasteiger partial charge >= 0.3 is 0 Å². The number of carbonyl (C=O) groups excluding carboxylic acids is 1. The fraction of sp³-hybridized carbons (Fsp3) is 0.240. The Morgan fingerprint density at radius 3 is 2.61 bits per heavy atom. The molecule has 0 aliphatic carbocycles. The van der Waals surface area contributed by atoms with E-state index in [-0.39, 0.29) is 17.4 Å². The largest absolute Gasteiger partial charge is 0.338 e. The molecule has 1 N–H and O–H groups in total. The number of hydrogen-bond donors (Lipinski definition) is 1. The fourth-order valence-electron chi connectivity index (χ4n) is 4.38. The molecule has 2 aromatic heterocycles. The molecule has 0 bridgehead atoms. The zero-order valence-corrected chi connectivity index (χ0v) is 17.6. The van der Waals surface area contributed by atoms with Gasteiger partial charge in [-0.25, -0.2) is 9.50 Å². The minimum atomic E-state index is -0.157. The van der Waals surface area contributed by atoms with E-state index in [2.05, 4.69) is 11.2 Å². The molecule has 1 saturated heterocycles. The number of likely N-dealkylation sites (tertiary alicyclic amines) is 1. The van der Waals surface area contributed by atoms with Crippen LogP contribution in [0.1, 0.15) is 34.7 Å². The summed E-state index contributed by atoms with van der Waals surface area (Å²) in [4.78, 5) is 32.1. The number of carbonyl (C=O) groups is 1. The summed E-state index contributed by atoms with van der Waals surface area (Å²) in [5.41, 5.74) is 6.24. The molecule has 0 radical (unpaired) electrons. The summed E-state index contributed by atoms with van der Waals surface area (Å²) < 4.78 is 1.50. The minimum absolute atomic E-state index is 0.0781. The van der Waals surface area contributed by atoms with E-state index in [0.717, 1.165) is 27.9 Å². The second kappa shape index (κ2) is 7.54. The van der Waals surface area contributed by atoms with Gasteiger partial charge in [0, 0.05) is 42.6 Å². The molecule has 1 fully saturated rings. The molecule has 6 nitrogen and oxygen atoms in total. The van der Waals surface area contributed by atoms with E-state index in [9.17, 15) is 9.59 Å². The van der Waals surface area contributed by atoms with Gasteiger partial charge in [-0.3, -0.25) is 14.7 Å². The maximum absolute atomic E-state index is 12.9. The number of amides is 1.